The summed E-state index contributed by atoms with van der Waals surface area (Å²) in [6.07, 6.45) is 0.303. The first-order chi connectivity index (χ1) is 17.0. The van der Waals surface area contributed by atoms with Crippen LogP contribution in [0.2, 0.25) is 5.15 Å². The Morgan fingerprint density at radius 2 is 1.69 bits per heavy atom. The first kappa shape index (κ1) is 22.9. The minimum Gasteiger partial charge on any atom is -0.459 e. The molecule has 0 amide bonds. The summed E-state index contributed by atoms with van der Waals surface area (Å²) in [5.41, 5.74) is 0.986. The molecule has 4 aromatic rings. The fourth-order valence-corrected chi connectivity index (χ4v) is 4.18. The van der Waals surface area contributed by atoms with Crippen LogP contribution >= 0.6 is 11.6 Å². The van der Waals surface area contributed by atoms with E-state index in [9.17, 15) is 14.0 Å². The average Bonchev–Trinajstić information content (AvgIpc) is 3.44. The second kappa shape index (κ2) is 9.81. The summed E-state index contributed by atoms with van der Waals surface area (Å²) in [6, 6.07) is 17.0. The van der Waals surface area contributed by atoms with Gasteiger partial charge in [-0.25, -0.2) is 23.9 Å². The van der Waals surface area contributed by atoms with Gasteiger partial charge in [0.15, 0.2) is 5.82 Å². The van der Waals surface area contributed by atoms with Crippen LogP contribution in [0, 0.1) is 5.82 Å². The van der Waals surface area contributed by atoms with Crippen molar-refractivity contribution in [2.75, 3.05) is 6.61 Å². The number of carbonyl (C=O) groups excluding carboxylic acids is 2. The lowest BCUT2D eigenvalue weighted by molar-refractivity contribution is -0.0563. The Bertz CT molecular complexity index is 1370. The standard InChI is InChI=1S/C25H19ClFN3O5/c26-22-21-17(27)12-30(23(21)29-14-28-22)20-11-18(35-25(32)16-9-5-2-6-10-16)19(34-20)13-33-24(31)15-7-3-1-4-8-15/h1-10,12,14,18-20H,11,13H2/t18-,19+,20?/m0/s1. The Labute approximate surface area is 204 Å². The van der Waals surface area contributed by atoms with E-state index in [4.69, 9.17) is 25.8 Å². The van der Waals surface area contributed by atoms with Gasteiger partial charge in [0.1, 0.15) is 42.2 Å². The maximum absolute atomic E-state index is 14.6. The van der Waals surface area contributed by atoms with E-state index in [0.717, 1.165) is 0 Å². The van der Waals surface area contributed by atoms with Gasteiger partial charge in [-0.2, -0.15) is 0 Å². The number of ether oxygens (including phenoxy) is 3. The number of halogens is 2. The fourth-order valence-electron chi connectivity index (χ4n) is 3.96. The SMILES string of the molecule is O=C(OC[C@H]1OC(n2cc(F)c3c(Cl)ncnc32)C[C@@H]1OC(=O)c1ccccc1)c1ccccc1. The molecular formula is C25H19ClFN3O5. The highest BCUT2D eigenvalue weighted by molar-refractivity contribution is 6.34. The van der Waals surface area contributed by atoms with Crippen LogP contribution in [0.5, 0.6) is 0 Å². The highest BCUT2D eigenvalue weighted by atomic mass is 35.5. The molecule has 5 rings (SSSR count). The fraction of sp³-hybridized carbons (Fsp3) is 0.200. The van der Waals surface area contributed by atoms with Crippen LogP contribution in [0.3, 0.4) is 0 Å². The Kier molecular flexibility index (Phi) is 6.43. The van der Waals surface area contributed by atoms with Crippen molar-refractivity contribution in [1.29, 1.82) is 0 Å². The molecule has 2 aromatic carbocycles. The van der Waals surface area contributed by atoms with Crippen molar-refractivity contribution in [2.45, 2.75) is 24.9 Å². The third-order valence-corrected chi connectivity index (χ3v) is 5.95. The highest BCUT2D eigenvalue weighted by Gasteiger charge is 2.41. The summed E-state index contributed by atoms with van der Waals surface area (Å²) in [6.45, 7) is -0.172. The summed E-state index contributed by atoms with van der Waals surface area (Å²) >= 11 is 6.05. The minimum atomic E-state index is -0.793. The van der Waals surface area contributed by atoms with Crippen LogP contribution < -0.4 is 0 Å². The smallest absolute Gasteiger partial charge is 0.338 e. The zero-order valence-electron chi connectivity index (χ0n) is 18.2. The predicted molar refractivity (Wildman–Crippen MR) is 123 cm³/mol. The number of hydrogen-bond acceptors (Lipinski definition) is 7. The lowest BCUT2D eigenvalue weighted by Gasteiger charge is -2.19. The third kappa shape index (κ3) is 4.73. The number of carbonyl (C=O) groups is 2. The first-order valence-corrected chi connectivity index (χ1v) is 11.2. The molecule has 2 aromatic heterocycles. The van der Waals surface area contributed by atoms with Crippen LogP contribution in [-0.2, 0) is 14.2 Å². The number of aromatic nitrogens is 3. The van der Waals surface area contributed by atoms with Gasteiger partial charge in [0.2, 0.25) is 0 Å². The molecule has 0 N–H and O–H groups in total. The van der Waals surface area contributed by atoms with E-state index in [2.05, 4.69) is 9.97 Å². The van der Waals surface area contributed by atoms with Gasteiger partial charge >= 0.3 is 11.9 Å². The molecule has 0 bridgehead atoms. The van der Waals surface area contributed by atoms with Crippen LogP contribution in [0.1, 0.15) is 33.4 Å². The van der Waals surface area contributed by atoms with E-state index in [0.29, 0.717) is 11.1 Å². The second-order valence-corrected chi connectivity index (χ2v) is 8.24. The van der Waals surface area contributed by atoms with Crippen molar-refractivity contribution in [1.82, 2.24) is 14.5 Å². The van der Waals surface area contributed by atoms with E-state index in [1.165, 1.54) is 17.1 Å². The quantitative estimate of drug-likeness (QED) is 0.285. The van der Waals surface area contributed by atoms with Crippen molar-refractivity contribution in [3.8, 4) is 0 Å². The molecule has 1 aliphatic heterocycles. The van der Waals surface area contributed by atoms with E-state index < -0.39 is 36.2 Å². The molecular weight excluding hydrogens is 477 g/mol. The molecule has 1 aliphatic rings. The van der Waals surface area contributed by atoms with Gasteiger partial charge in [0, 0.05) is 12.6 Å². The van der Waals surface area contributed by atoms with Gasteiger partial charge in [-0.05, 0) is 24.3 Å². The van der Waals surface area contributed by atoms with E-state index in [1.54, 1.807) is 60.7 Å². The molecule has 0 aliphatic carbocycles. The Morgan fingerprint density at radius 3 is 2.37 bits per heavy atom. The molecule has 0 spiro atoms. The lowest BCUT2D eigenvalue weighted by Crippen LogP contribution is -2.32. The molecule has 35 heavy (non-hydrogen) atoms. The zero-order valence-corrected chi connectivity index (χ0v) is 19.0. The predicted octanol–water partition coefficient (Wildman–Crippen LogP) is 4.59. The van der Waals surface area contributed by atoms with Gasteiger partial charge in [-0.1, -0.05) is 48.0 Å². The molecule has 178 valence electrons. The van der Waals surface area contributed by atoms with E-state index >= 15 is 0 Å². The number of nitrogens with zero attached hydrogens (tertiary/aromatic N) is 3. The van der Waals surface area contributed by atoms with Crippen molar-refractivity contribution in [2.24, 2.45) is 0 Å². The van der Waals surface area contributed by atoms with Gasteiger partial charge in [-0.3, -0.25) is 0 Å². The Morgan fingerprint density at radius 1 is 1.03 bits per heavy atom. The average molecular weight is 496 g/mol. The van der Waals surface area contributed by atoms with Crippen molar-refractivity contribution >= 4 is 34.6 Å². The number of esters is 2. The molecule has 1 fully saturated rings. The summed E-state index contributed by atoms with van der Waals surface area (Å²) in [5, 5.41) is 0.0409. The topological polar surface area (TPSA) is 92.5 Å². The Hall–Kier alpha value is -3.82. The molecule has 3 heterocycles. The van der Waals surface area contributed by atoms with Crippen LogP contribution in [-0.4, -0.2) is 45.3 Å². The molecule has 0 radical (unpaired) electrons. The van der Waals surface area contributed by atoms with Crippen molar-refractivity contribution < 1.29 is 28.2 Å². The highest BCUT2D eigenvalue weighted by Crippen LogP contribution is 2.36. The molecule has 1 unspecified atom stereocenters. The molecule has 8 nitrogen and oxygen atoms in total. The summed E-state index contributed by atoms with van der Waals surface area (Å²) in [7, 11) is 0. The van der Waals surface area contributed by atoms with Gasteiger partial charge in [0.05, 0.1) is 16.5 Å². The number of rotatable bonds is 6. The summed E-state index contributed by atoms with van der Waals surface area (Å²) in [5.74, 6) is -1.69. The molecule has 3 atom stereocenters. The molecule has 10 heteroatoms. The number of hydrogen-bond donors (Lipinski definition) is 0. The second-order valence-electron chi connectivity index (χ2n) is 7.89. The molecule has 0 saturated carbocycles. The third-order valence-electron chi connectivity index (χ3n) is 5.66. The van der Waals surface area contributed by atoms with E-state index in [-0.39, 0.29) is 29.2 Å². The van der Waals surface area contributed by atoms with Crippen molar-refractivity contribution in [3.63, 3.8) is 0 Å². The van der Waals surface area contributed by atoms with Crippen LogP contribution in [0.25, 0.3) is 11.0 Å². The normalized spacial score (nSPS) is 19.5. The largest absolute Gasteiger partial charge is 0.459 e. The lowest BCUT2D eigenvalue weighted by atomic mass is 10.1. The minimum absolute atomic E-state index is 0.0235. The maximum atomic E-state index is 14.6. The van der Waals surface area contributed by atoms with Gasteiger partial charge in [0.25, 0.3) is 0 Å². The monoisotopic (exact) mass is 495 g/mol. The van der Waals surface area contributed by atoms with Gasteiger partial charge in [-0.15, -0.1) is 0 Å². The summed E-state index contributed by atoms with van der Waals surface area (Å²) < 4.78 is 33.3. The van der Waals surface area contributed by atoms with Crippen molar-refractivity contribution in [3.05, 3.63) is 95.3 Å². The maximum Gasteiger partial charge on any atom is 0.338 e. The van der Waals surface area contributed by atoms with Crippen LogP contribution in [0.15, 0.2) is 73.2 Å². The first-order valence-electron chi connectivity index (χ1n) is 10.8. The van der Waals surface area contributed by atoms with E-state index in [1.807, 2.05) is 0 Å². The summed E-state index contributed by atoms with van der Waals surface area (Å²) in [4.78, 5) is 33.1. The van der Waals surface area contributed by atoms with Crippen LogP contribution in [0.4, 0.5) is 4.39 Å². The zero-order chi connectivity index (χ0) is 24.4. The number of benzene rings is 2. The Balaban J connectivity index is 1.39. The molecule has 1 saturated heterocycles. The van der Waals surface area contributed by atoms with Gasteiger partial charge < -0.3 is 18.8 Å². The number of fused-ring (bicyclic) bond motifs is 1.